The van der Waals surface area contributed by atoms with Gasteiger partial charge >= 0.3 is 0 Å². The highest BCUT2D eigenvalue weighted by atomic mass is 32.2. The highest BCUT2D eigenvalue weighted by Crippen LogP contribution is 2.38. The third-order valence-corrected chi connectivity index (χ3v) is 5.32. The van der Waals surface area contributed by atoms with E-state index in [1.807, 2.05) is 27.7 Å². The SMILES string of the molecule is CC1CCCC2(CSC(=NC(C)C(=O)NC(C)(C)C)N2)C1. The minimum absolute atomic E-state index is 0.00429. The highest BCUT2D eigenvalue weighted by molar-refractivity contribution is 8.14. The highest BCUT2D eigenvalue weighted by Gasteiger charge is 2.40. The van der Waals surface area contributed by atoms with Gasteiger partial charge in [0.05, 0.1) is 0 Å². The van der Waals surface area contributed by atoms with Crippen molar-refractivity contribution in [2.24, 2.45) is 10.9 Å². The zero-order valence-electron chi connectivity index (χ0n) is 14.0. The van der Waals surface area contributed by atoms with Gasteiger partial charge in [0.15, 0.2) is 5.17 Å². The van der Waals surface area contributed by atoms with E-state index in [0.717, 1.165) is 16.8 Å². The van der Waals surface area contributed by atoms with Gasteiger partial charge in [0.2, 0.25) is 5.91 Å². The molecular weight excluding hydrogens is 282 g/mol. The minimum atomic E-state index is -0.338. The van der Waals surface area contributed by atoms with Crippen LogP contribution in [0, 0.1) is 5.92 Å². The van der Waals surface area contributed by atoms with Crippen LogP contribution in [-0.2, 0) is 4.79 Å². The van der Waals surface area contributed by atoms with Gasteiger partial charge in [-0.25, -0.2) is 4.99 Å². The van der Waals surface area contributed by atoms with Crippen molar-refractivity contribution >= 4 is 22.8 Å². The van der Waals surface area contributed by atoms with Gasteiger partial charge in [0.25, 0.3) is 0 Å². The molecular formula is C16H29N3OS. The Hall–Kier alpha value is -0.710. The molecule has 2 rings (SSSR count). The lowest BCUT2D eigenvalue weighted by Gasteiger charge is -2.36. The maximum Gasteiger partial charge on any atom is 0.245 e. The summed E-state index contributed by atoms with van der Waals surface area (Å²) in [6.07, 6.45) is 5.08. The Morgan fingerprint density at radius 2 is 2.24 bits per heavy atom. The second kappa shape index (κ2) is 6.19. The average molecular weight is 311 g/mol. The van der Waals surface area contributed by atoms with Crippen LogP contribution in [0.3, 0.4) is 0 Å². The molecule has 1 saturated carbocycles. The van der Waals surface area contributed by atoms with Crippen molar-refractivity contribution in [1.29, 1.82) is 0 Å². The molecule has 0 bridgehead atoms. The number of aliphatic imine (C=N–C) groups is 1. The lowest BCUT2D eigenvalue weighted by atomic mass is 9.78. The third-order valence-electron chi connectivity index (χ3n) is 4.14. The van der Waals surface area contributed by atoms with Crippen LogP contribution in [0.15, 0.2) is 4.99 Å². The van der Waals surface area contributed by atoms with Gasteiger partial charge in [-0.3, -0.25) is 4.79 Å². The number of hydrogen-bond acceptors (Lipinski definition) is 3. The van der Waals surface area contributed by atoms with E-state index in [2.05, 4.69) is 22.5 Å². The monoisotopic (exact) mass is 311 g/mol. The van der Waals surface area contributed by atoms with Gasteiger partial charge in [-0.15, -0.1) is 0 Å². The molecule has 3 unspecified atom stereocenters. The Morgan fingerprint density at radius 1 is 1.52 bits per heavy atom. The Kier molecular flexibility index (Phi) is 4.91. The standard InChI is InChI=1S/C16H29N3OS/c1-11-7-6-8-16(9-11)10-21-14(19-16)17-12(2)13(20)18-15(3,4)5/h11-12H,6-10H2,1-5H3,(H,17,19)(H,18,20). The Balaban J connectivity index is 1.95. The molecule has 4 nitrogen and oxygen atoms in total. The first kappa shape index (κ1) is 16.7. The zero-order valence-corrected chi connectivity index (χ0v) is 14.8. The second-order valence-corrected chi connectivity index (χ2v) is 8.71. The van der Waals surface area contributed by atoms with Crippen LogP contribution < -0.4 is 10.6 Å². The number of nitrogens with zero attached hydrogens (tertiary/aromatic N) is 1. The fraction of sp³-hybridized carbons (Fsp3) is 0.875. The molecule has 1 aliphatic heterocycles. The van der Waals surface area contributed by atoms with E-state index in [-0.39, 0.29) is 23.0 Å². The number of carbonyl (C=O) groups is 1. The van der Waals surface area contributed by atoms with Crippen molar-refractivity contribution in [3.05, 3.63) is 0 Å². The van der Waals surface area contributed by atoms with Crippen LogP contribution in [0.1, 0.15) is 60.3 Å². The molecule has 5 heteroatoms. The predicted molar refractivity (Wildman–Crippen MR) is 90.7 cm³/mol. The summed E-state index contributed by atoms with van der Waals surface area (Å²) >= 11 is 1.77. The normalized spacial score (nSPS) is 33.0. The first-order valence-corrected chi connectivity index (χ1v) is 8.98. The zero-order chi connectivity index (χ0) is 15.7. The molecule has 2 fully saturated rings. The van der Waals surface area contributed by atoms with Crippen molar-refractivity contribution in [3.63, 3.8) is 0 Å². The molecule has 0 aromatic carbocycles. The summed E-state index contributed by atoms with van der Waals surface area (Å²) in [6, 6.07) is -0.338. The largest absolute Gasteiger partial charge is 0.359 e. The van der Waals surface area contributed by atoms with Crippen LogP contribution in [0.25, 0.3) is 0 Å². The number of thioether (sulfide) groups is 1. The number of amidine groups is 1. The molecule has 1 spiro atoms. The van der Waals surface area contributed by atoms with Crippen LogP contribution in [0.5, 0.6) is 0 Å². The molecule has 2 aliphatic rings. The number of rotatable bonds is 2. The fourth-order valence-corrected chi connectivity index (χ4v) is 4.46. The van der Waals surface area contributed by atoms with E-state index in [0.29, 0.717) is 0 Å². The van der Waals surface area contributed by atoms with Crippen molar-refractivity contribution < 1.29 is 4.79 Å². The summed E-state index contributed by atoms with van der Waals surface area (Å²) < 4.78 is 0. The minimum Gasteiger partial charge on any atom is -0.359 e. The number of nitrogens with one attached hydrogen (secondary N) is 2. The summed E-state index contributed by atoms with van der Waals surface area (Å²) in [4.78, 5) is 16.7. The van der Waals surface area contributed by atoms with Gasteiger partial charge in [-0.1, -0.05) is 31.5 Å². The van der Waals surface area contributed by atoms with E-state index in [9.17, 15) is 4.79 Å². The number of carbonyl (C=O) groups excluding carboxylic acids is 1. The summed E-state index contributed by atoms with van der Waals surface area (Å²) in [5, 5.41) is 7.55. The molecule has 0 aromatic heterocycles. The lowest BCUT2D eigenvalue weighted by Crippen LogP contribution is -2.48. The second-order valence-electron chi connectivity index (χ2n) is 7.75. The van der Waals surface area contributed by atoms with Crippen molar-refractivity contribution in [1.82, 2.24) is 10.6 Å². The molecule has 0 aromatic rings. The molecule has 3 atom stereocenters. The molecule has 1 heterocycles. The van der Waals surface area contributed by atoms with Gasteiger partial charge in [0.1, 0.15) is 6.04 Å². The molecule has 120 valence electrons. The summed E-state index contributed by atoms with van der Waals surface area (Å²) in [6.45, 7) is 10.2. The van der Waals surface area contributed by atoms with Crippen molar-refractivity contribution in [3.8, 4) is 0 Å². The molecule has 2 N–H and O–H groups in total. The quantitative estimate of drug-likeness (QED) is 0.824. The smallest absolute Gasteiger partial charge is 0.245 e. The first-order valence-electron chi connectivity index (χ1n) is 8.00. The molecule has 0 radical (unpaired) electrons. The van der Waals surface area contributed by atoms with Crippen LogP contribution in [0.2, 0.25) is 0 Å². The van der Waals surface area contributed by atoms with E-state index >= 15 is 0 Å². The molecule has 21 heavy (non-hydrogen) atoms. The fourth-order valence-electron chi connectivity index (χ4n) is 3.19. The number of amides is 1. The van der Waals surface area contributed by atoms with E-state index < -0.39 is 0 Å². The van der Waals surface area contributed by atoms with Crippen LogP contribution in [0.4, 0.5) is 0 Å². The van der Waals surface area contributed by atoms with Crippen molar-refractivity contribution in [2.75, 3.05) is 5.75 Å². The lowest BCUT2D eigenvalue weighted by molar-refractivity contribution is -0.123. The molecule has 1 saturated heterocycles. The maximum absolute atomic E-state index is 12.1. The van der Waals surface area contributed by atoms with Crippen molar-refractivity contribution in [2.45, 2.75) is 77.4 Å². The Bertz CT molecular complexity index is 430. The average Bonchev–Trinajstić information content (AvgIpc) is 2.69. The van der Waals surface area contributed by atoms with Gasteiger partial charge in [-0.2, -0.15) is 0 Å². The topological polar surface area (TPSA) is 53.5 Å². The molecule has 1 aliphatic carbocycles. The van der Waals surface area contributed by atoms with Gasteiger partial charge in [-0.05, 0) is 46.5 Å². The van der Waals surface area contributed by atoms with E-state index in [1.54, 1.807) is 11.8 Å². The Labute approximate surface area is 132 Å². The Morgan fingerprint density at radius 3 is 2.86 bits per heavy atom. The van der Waals surface area contributed by atoms with Crippen LogP contribution >= 0.6 is 11.8 Å². The summed E-state index contributed by atoms with van der Waals surface area (Å²) in [7, 11) is 0. The van der Waals surface area contributed by atoms with Gasteiger partial charge in [0, 0.05) is 16.8 Å². The number of hydrogen-bond donors (Lipinski definition) is 2. The predicted octanol–water partition coefficient (Wildman–Crippen LogP) is 2.93. The first-order chi connectivity index (χ1) is 9.69. The maximum atomic E-state index is 12.1. The summed E-state index contributed by atoms with van der Waals surface area (Å²) in [5.74, 6) is 1.87. The van der Waals surface area contributed by atoms with E-state index in [1.165, 1.54) is 25.7 Å². The van der Waals surface area contributed by atoms with Gasteiger partial charge < -0.3 is 10.6 Å². The summed E-state index contributed by atoms with van der Waals surface area (Å²) in [5.41, 5.74) is 0.0171. The van der Waals surface area contributed by atoms with E-state index in [4.69, 9.17) is 0 Å². The van der Waals surface area contributed by atoms with Crippen LogP contribution in [-0.4, -0.2) is 33.9 Å². The third kappa shape index (κ3) is 4.63. The molecule has 1 amide bonds.